The highest BCUT2D eigenvalue weighted by atomic mass is 16.5. The average molecular weight is 265 g/mol. The van der Waals surface area contributed by atoms with E-state index < -0.39 is 0 Å². The van der Waals surface area contributed by atoms with Crippen molar-refractivity contribution in [1.82, 2.24) is 10.3 Å². The predicted molar refractivity (Wildman–Crippen MR) is 71.4 cm³/mol. The van der Waals surface area contributed by atoms with E-state index in [0.29, 0.717) is 30.6 Å². The van der Waals surface area contributed by atoms with E-state index in [1.807, 2.05) is 6.92 Å². The van der Waals surface area contributed by atoms with Crippen molar-refractivity contribution < 1.29 is 14.3 Å². The van der Waals surface area contributed by atoms with Crippen molar-refractivity contribution in [3.8, 4) is 5.88 Å². The third kappa shape index (κ3) is 4.10. The molecule has 0 unspecified atom stereocenters. The average Bonchev–Trinajstić information content (AvgIpc) is 2.92. The molecule has 1 atom stereocenters. The topological polar surface area (TPSA) is 72.5 Å². The fourth-order valence-corrected chi connectivity index (χ4v) is 1.89. The second-order valence-corrected chi connectivity index (χ2v) is 4.35. The fraction of sp³-hybridized carbons (Fsp3) is 0.538. The van der Waals surface area contributed by atoms with E-state index in [1.54, 1.807) is 18.3 Å². The minimum atomic E-state index is -0.249. The molecule has 1 fully saturated rings. The molecule has 19 heavy (non-hydrogen) atoms. The normalized spacial score (nSPS) is 18.1. The highest BCUT2D eigenvalue weighted by Crippen LogP contribution is 2.20. The summed E-state index contributed by atoms with van der Waals surface area (Å²) in [4.78, 5) is 15.9. The standard InChI is InChI=1S/C13H19N3O3/c1-2-19-12-11(4-3-6-14-12)16-13(17)15-8-10-5-7-18-9-10/h3-4,6,10H,2,5,7-9H2,1H3,(H2,15,16,17)/t10-/m1/s1. The van der Waals surface area contributed by atoms with Gasteiger partial charge in [0.1, 0.15) is 5.69 Å². The van der Waals surface area contributed by atoms with Crippen LogP contribution in [0.4, 0.5) is 10.5 Å². The van der Waals surface area contributed by atoms with Gasteiger partial charge in [-0.05, 0) is 25.5 Å². The van der Waals surface area contributed by atoms with Crippen LogP contribution in [0.5, 0.6) is 5.88 Å². The van der Waals surface area contributed by atoms with Crippen molar-refractivity contribution in [1.29, 1.82) is 0 Å². The second-order valence-electron chi connectivity index (χ2n) is 4.35. The molecule has 2 heterocycles. The van der Waals surface area contributed by atoms with Gasteiger partial charge in [-0.15, -0.1) is 0 Å². The zero-order valence-electron chi connectivity index (χ0n) is 11.0. The van der Waals surface area contributed by atoms with E-state index in [4.69, 9.17) is 9.47 Å². The molecule has 2 N–H and O–H groups in total. The van der Waals surface area contributed by atoms with Crippen LogP contribution in [0, 0.1) is 5.92 Å². The number of hydrogen-bond donors (Lipinski definition) is 2. The quantitative estimate of drug-likeness (QED) is 0.849. The summed E-state index contributed by atoms with van der Waals surface area (Å²) in [6.45, 7) is 4.50. The van der Waals surface area contributed by atoms with Crippen LogP contribution >= 0.6 is 0 Å². The van der Waals surface area contributed by atoms with Crippen molar-refractivity contribution in [3.05, 3.63) is 18.3 Å². The predicted octanol–water partition coefficient (Wildman–Crippen LogP) is 1.64. The van der Waals surface area contributed by atoms with Crippen LogP contribution in [0.2, 0.25) is 0 Å². The number of aromatic nitrogens is 1. The van der Waals surface area contributed by atoms with Gasteiger partial charge in [0.25, 0.3) is 0 Å². The van der Waals surface area contributed by atoms with Gasteiger partial charge in [0.05, 0.1) is 13.2 Å². The van der Waals surface area contributed by atoms with Crippen LogP contribution in [0.1, 0.15) is 13.3 Å². The maximum atomic E-state index is 11.8. The third-order valence-corrected chi connectivity index (χ3v) is 2.88. The van der Waals surface area contributed by atoms with Crippen LogP contribution in [0.3, 0.4) is 0 Å². The molecular weight excluding hydrogens is 246 g/mol. The van der Waals surface area contributed by atoms with Crippen LogP contribution in [-0.4, -0.2) is 37.4 Å². The molecule has 0 bridgehead atoms. The lowest BCUT2D eigenvalue weighted by atomic mass is 10.1. The minimum Gasteiger partial charge on any atom is -0.476 e. The number of amides is 2. The number of urea groups is 1. The van der Waals surface area contributed by atoms with Crippen molar-refractivity contribution in [2.45, 2.75) is 13.3 Å². The van der Waals surface area contributed by atoms with E-state index in [1.165, 1.54) is 0 Å². The molecule has 1 aliphatic heterocycles. The van der Waals surface area contributed by atoms with Crippen LogP contribution in [0.25, 0.3) is 0 Å². The first-order valence-corrected chi connectivity index (χ1v) is 6.50. The number of carbonyl (C=O) groups excluding carboxylic acids is 1. The van der Waals surface area contributed by atoms with E-state index in [-0.39, 0.29) is 6.03 Å². The number of ether oxygens (including phenoxy) is 2. The molecule has 6 heteroatoms. The SMILES string of the molecule is CCOc1ncccc1NC(=O)NC[C@H]1CCOC1. The van der Waals surface area contributed by atoms with Gasteiger partial charge in [-0.2, -0.15) is 0 Å². The van der Waals surface area contributed by atoms with E-state index in [0.717, 1.165) is 19.6 Å². The first-order valence-electron chi connectivity index (χ1n) is 6.50. The molecule has 1 aromatic heterocycles. The summed E-state index contributed by atoms with van der Waals surface area (Å²) in [5, 5.41) is 5.57. The number of carbonyl (C=O) groups is 1. The summed E-state index contributed by atoms with van der Waals surface area (Å²) in [5.74, 6) is 0.843. The molecule has 0 saturated carbocycles. The molecule has 2 amide bonds. The Bertz CT molecular complexity index is 419. The molecule has 104 valence electrons. The second kappa shape index (κ2) is 6.94. The summed E-state index contributed by atoms with van der Waals surface area (Å²) in [7, 11) is 0. The summed E-state index contributed by atoms with van der Waals surface area (Å²) >= 11 is 0. The smallest absolute Gasteiger partial charge is 0.319 e. The minimum absolute atomic E-state index is 0.249. The Morgan fingerprint density at radius 1 is 1.63 bits per heavy atom. The van der Waals surface area contributed by atoms with Crippen LogP contribution in [-0.2, 0) is 4.74 Å². The first-order chi connectivity index (χ1) is 9.29. The van der Waals surface area contributed by atoms with Gasteiger partial charge in [-0.1, -0.05) is 0 Å². The van der Waals surface area contributed by atoms with Gasteiger partial charge in [-0.25, -0.2) is 9.78 Å². The Hall–Kier alpha value is -1.82. The molecule has 0 spiro atoms. The molecule has 1 aliphatic rings. The Kier molecular flexibility index (Phi) is 4.97. The van der Waals surface area contributed by atoms with Gasteiger partial charge < -0.3 is 20.1 Å². The van der Waals surface area contributed by atoms with Gasteiger partial charge >= 0.3 is 6.03 Å². The lowest BCUT2D eigenvalue weighted by Gasteiger charge is -2.12. The van der Waals surface area contributed by atoms with E-state index >= 15 is 0 Å². The molecule has 1 aromatic rings. The van der Waals surface area contributed by atoms with Crippen molar-refractivity contribution in [2.24, 2.45) is 5.92 Å². The Morgan fingerprint density at radius 3 is 3.26 bits per heavy atom. The Morgan fingerprint density at radius 2 is 2.53 bits per heavy atom. The summed E-state index contributed by atoms with van der Waals surface area (Å²) in [5.41, 5.74) is 0.574. The monoisotopic (exact) mass is 265 g/mol. The maximum absolute atomic E-state index is 11.8. The summed E-state index contributed by atoms with van der Waals surface area (Å²) in [6.07, 6.45) is 2.63. The number of hydrogen-bond acceptors (Lipinski definition) is 4. The van der Waals surface area contributed by atoms with Crippen molar-refractivity contribution in [2.75, 3.05) is 31.7 Å². The molecule has 0 radical (unpaired) electrons. The highest BCUT2D eigenvalue weighted by Gasteiger charge is 2.16. The van der Waals surface area contributed by atoms with Crippen LogP contribution < -0.4 is 15.4 Å². The van der Waals surface area contributed by atoms with Gasteiger partial charge in [-0.3, -0.25) is 0 Å². The Labute approximate surface area is 112 Å². The highest BCUT2D eigenvalue weighted by molar-refractivity contribution is 5.90. The van der Waals surface area contributed by atoms with Gasteiger partial charge in [0.2, 0.25) is 5.88 Å². The third-order valence-electron chi connectivity index (χ3n) is 2.88. The Balaban J connectivity index is 1.83. The summed E-state index contributed by atoms with van der Waals surface area (Å²) < 4.78 is 10.6. The molecule has 2 rings (SSSR count). The number of nitrogens with one attached hydrogen (secondary N) is 2. The largest absolute Gasteiger partial charge is 0.476 e. The zero-order chi connectivity index (χ0) is 13.5. The van der Waals surface area contributed by atoms with Gasteiger partial charge in [0.15, 0.2) is 0 Å². The van der Waals surface area contributed by atoms with Gasteiger partial charge in [0, 0.05) is 25.3 Å². The molecule has 0 aromatic carbocycles. The molecule has 6 nitrogen and oxygen atoms in total. The van der Waals surface area contributed by atoms with Crippen molar-refractivity contribution >= 4 is 11.7 Å². The number of rotatable bonds is 5. The van der Waals surface area contributed by atoms with E-state index in [9.17, 15) is 4.79 Å². The zero-order valence-corrected chi connectivity index (χ0v) is 11.0. The lowest BCUT2D eigenvalue weighted by molar-refractivity contribution is 0.185. The maximum Gasteiger partial charge on any atom is 0.319 e. The number of pyridine rings is 1. The number of anilines is 1. The first kappa shape index (κ1) is 13.6. The molecule has 1 saturated heterocycles. The summed E-state index contributed by atoms with van der Waals surface area (Å²) in [6, 6.07) is 3.26. The molecule has 0 aliphatic carbocycles. The van der Waals surface area contributed by atoms with Crippen LogP contribution in [0.15, 0.2) is 18.3 Å². The van der Waals surface area contributed by atoms with E-state index in [2.05, 4.69) is 15.6 Å². The lowest BCUT2D eigenvalue weighted by Crippen LogP contribution is -2.33. The fourth-order valence-electron chi connectivity index (χ4n) is 1.89. The molecular formula is C13H19N3O3. The number of nitrogens with zero attached hydrogens (tertiary/aromatic N) is 1. The van der Waals surface area contributed by atoms with Crippen molar-refractivity contribution in [3.63, 3.8) is 0 Å².